The molecule has 0 radical (unpaired) electrons. The Hall–Kier alpha value is -0.860. The van der Waals surface area contributed by atoms with Crippen LogP contribution in [0.1, 0.15) is 55.3 Å². The number of rotatable bonds is 5. The van der Waals surface area contributed by atoms with Crippen LogP contribution in [-0.4, -0.2) is 19.8 Å². The van der Waals surface area contributed by atoms with Gasteiger partial charge in [0.25, 0.3) is 0 Å². The molecule has 2 atom stereocenters. The largest absolute Gasteiger partial charge is 0.381 e. The standard InChI is InChI=1S/C18H27NO/c1-14(19-10-8-15-9-11-20-13-15)17-7-6-16-4-2-3-5-18(16)12-17/h6-7,12,14-15,19H,2-5,8-11,13H2,1H3. The topological polar surface area (TPSA) is 21.3 Å². The minimum Gasteiger partial charge on any atom is -0.381 e. The molecule has 1 aromatic carbocycles. The molecule has 1 N–H and O–H groups in total. The molecule has 0 spiro atoms. The van der Waals surface area contributed by atoms with Crippen LogP contribution >= 0.6 is 0 Å². The summed E-state index contributed by atoms with van der Waals surface area (Å²) in [4.78, 5) is 0. The molecule has 20 heavy (non-hydrogen) atoms. The third-order valence-electron chi connectivity index (χ3n) is 4.90. The maximum Gasteiger partial charge on any atom is 0.0495 e. The van der Waals surface area contributed by atoms with Crippen LogP contribution in [0.2, 0.25) is 0 Å². The van der Waals surface area contributed by atoms with Crippen molar-refractivity contribution in [3.05, 3.63) is 34.9 Å². The number of fused-ring (bicyclic) bond motifs is 1. The van der Waals surface area contributed by atoms with Crippen molar-refractivity contribution in [1.29, 1.82) is 0 Å². The van der Waals surface area contributed by atoms with Crippen molar-refractivity contribution in [3.63, 3.8) is 0 Å². The smallest absolute Gasteiger partial charge is 0.0495 e. The van der Waals surface area contributed by atoms with Gasteiger partial charge in [0.15, 0.2) is 0 Å². The van der Waals surface area contributed by atoms with Gasteiger partial charge >= 0.3 is 0 Å². The van der Waals surface area contributed by atoms with E-state index >= 15 is 0 Å². The summed E-state index contributed by atoms with van der Waals surface area (Å²) in [6, 6.07) is 7.57. The Morgan fingerprint density at radius 2 is 2.10 bits per heavy atom. The lowest BCUT2D eigenvalue weighted by Gasteiger charge is -2.20. The maximum absolute atomic E-state index is 5.43. The Bertz CT molecular complexity index is 437. The van der Waals surface area contributed by atoms with Gasteiger partial charge < -0.3 is 10.1 Å². The van der Waals surface area contributed by atoms with Gasteiger partial charge in [-0.15, -0.1) is 0 Å². The molecular weight excluding hydrogens is 246 g/mol. The molecule has 1 saturated heterocycles. The molecular formula is C18H27NO. The Kier molecular flexibility index (Phi) is 4.74. The van der Waals surface area contributed by atoms with E-state index in [2.05, 4.69) is 30.4 Å². The van der Waals surface area contributed by atoms with Crippen molar-refractivity contribution in [1.82, 2.24) is 5.32 Å². The Morgan fingerprint density at radius 3 is 2.90 bits per heavy atom. The predicted molar refractivity (Wildman–Crippen MR) is 83.0 cm³/mol. The van der Waals surface area contributed by atoms with Crippen molar-refractivity contribution < 1.29 is 4.74 Å². The highest BCUT2D eigenvalue weighted by molar-refractivity contribution is 5.35. The molecule has 2 unspecified atom stereocenters. The van der Waals surface area contributed by atoms with Gasteiger partial charge in [-0.25, -0.2) is 0 Å². The fourth-order valence-electron chi connectivity index (χ4n) is 3.46. The normalized spacial score (nSPS) is 23.6. The van der Waals surface area contributed by atoms with E-state index in [4.69, 9.17) is 4.74 Å². The van der Waals surface area contributed by atoms with Gasteiger partial charge in [0.05, 0.1) is 0 Å². The summed E-state index contributed by atoms with van der Waals surface area (Å²) in [5.74, 6) is 0.776. The lowest BCUT2D eigenvalue weighted by atomic mass is 9.89. The van der Waals surface area contributed by atoms with Crippen LogP contribution < -0.4 is 5.32 Å². The Balaban J connectivity index is 1.52. The molecule has 0 aromatic heterocycles. The summed E-state index contributed by atoms with van der Waals surface area (Å²) in [5.41, 5.74) is 4.62. The molecule has 110 valence electrons. The molecule has 1 fully saturated rings. The molecule has 1 aliphatic heterocycles. The monoisotopic (exact) mass is 273 g/mol. The van der Waals surface area contributed by atoms with E-state index in [0.29, 0.717) is 6.04 Å². The first-order chi connectivity index (χ1) is 9.83. The first-order valence-electron chi connectivity index (χ1n) is 8.26. The van der Waals surface area contributed by atoms with Crippen molar-refractivity contribution >= 4 is 0 Å². The second-order valence-corrected chi connectivity index (χ2v) is 6.43. The number of benzene rings is 1. The third-order valence-corrected chi connectivity index (χ3v) is 4.90. The first kappa shape index (κ1) is 14.1. The van der Waals surface area contributed by atoms with Gasteiger partial charge in [0.2, 0.25) is 0 Å². The number of hydrogen-bond acceptors (Lipinski definition) is 2. The molecule has 2 heteroatoms. The fraction of sp³-hybridized carbons (Fsp3) is 0.667. The van der Waals surface area contributed by atoms with Crippen LogP contribution in [0.3, 0.4) is 0 Å². The second-order valence-electron chi connectivity index (χ2n) is 6.43. The van der Waals surface area contributed by atoms with E-state index in [1.807, 2.05) is 0 Å². The van der Waals surface area contributed by atoms with E-state index in [1.165, 1.54) is 44.1 Å². The van der Waals surface area contributed by atoms with Gasteiger partial charge in [-0.05, 0) is 74.6 Å². The lowest BCUT2D eigenvalue weighted by molar-refractivity contribution is 0.184. The summed E-state index contributed by atoms with van der Waals surface area (Å²) >= 11 is 0. The SMILES string of the molecule is CC(NCCC1CCOC1)c1ccc2c(c1)CCCC2. The molecule has 3 rings (SSSR count). The Morgan fingerprint density at radius 1 is 1.25 bits per heavy atom. The highest BCUT2D eigenvalue weighted by Crippen LogP contribution is 2.25. The number of ether oxygens (including phenoxy) is 1. The van der Waals surface area contributed by atoms with E-state index < -0.39 is 0 Å². The van der Waals surface area contributed by atoms with Crippen molar-refractivity contribution in [2.24, 2.45) is 5.92 Å². The van der Waals surface area contributed by atoms with Gasteiger partial charge in [0, 0.05) is 19.3 Å². The minimum atomic E-state index is 0.463. The number of aryl methyl sites for hydroxylation is 2. The van der Waals surface area contributed by atoms with Gasteiger partial charge in [-0.3, -0.25) is 0 Å². The quantitative estimate of drug-likeness (QED) is 0.884. The number of nitrogens with one attached hydrogen (secondary N) is 1. The highest BCUT2D eigenvalue weighted by atomic mass is 16.5. The van der Waals surface area contributed by atoms with Crippen LogP contribution in [0.15, 0.2) is 18.2 Å². The molecule has 0 saturated carbocycles. The third kappa shape index (κ3) is 3.42. The second kappa shape index (κ2) is 6.73. The zero-order chi connectivity index (χ0) is 13.8. The number of hydrogen-bond donors (Lipinski definition) is 1. The van der Waals surface area contributed by atoms with E-state index in [1.54, 1.807) is 11.1 Å². The van der Waals surface area contributed by atoms with Gasteiger partial charge in [0.1, 0.15) is 0 Å². The highest BCUT2D eigenvalue weighted by Gasteiger charge is 2.16. The van der Waals surface area contributed by atoms with Crippen LogP contribution in [-0.2, 0) is 17.6 Å². The molecule has 1 heterocycles. The zero-order valence-corrected chi connectivity index (χ0v) is 12.7. The van der Waals surface area contributed by atoms with Crippen LogP contribution in [0, 0.1) is 5.92 Å². The molecule has 2 nitrogen and oxygen atoms in total. The first-order valence-corrected chi connectivity index (χ1v) is 8.26. The fourth-order valence-corrected chi connectivity index (χ4v) is 3.46. The summed E-state index contributed by atoms with van der Waals surface area (Å²) in [6.45, 7) is 5.32. The van der Waals surface area contributed by atoms with E-state index in [-0.39, 0.29) is 0 Å². The molecule has 2 aliphatic rings. The predicted octanol–water partition coefficient (Wildman–Crippen LogP) is 3.64. The Labute approximate surface area is 122 Å². The van der Waals surface area contributed by atoms with E-state index in [9.17, 15) is 0 Å². The maximum atomic E-state index is 5.43. The molecule has 0 amide bonds. The van der Waals surface area contributed by atoms with Crippen molar-refractivity contribution in [2.75, 3.05) is 19.8 Å². The average molecular weight is 273 g/mol. The lowest BCUT2D eigenvalue weighted by Crippen LogP contribution is -2.22. The molecule has 0 bridgehead atoms. The zero-order valence-electron chi connectivity index (χ0n) is 12.7. The molecule has 1 aromatic rings. The summed E-state index contributed by atoms with van der Waals surface area (Å²) < 4.78 is 5.43. The average Bonchev–Trinajstić information content (AvgIpc) is 3.00. The van der Waals surface area contributed by atoms with Crippen LogP contribution in [0.4, 0.5) is 0 Å². The summed E-state index contributed by atoms with van der Waals surface area (Å²) in [6.07, 6.45) is 7.77. The molecule has 1 aliphatic carbocycles. The minimum absolute atomic E-state index is 0.463. The van der Waals surface area contributed by atoms with Gasteiger partial charge in [-0.1, -0.05) is 18.2 Å². The van der Waals surface area contributed by atoms with Crippen molar-refractivity contribution in [2.45, 2.75) is 51.5 Å². The van der Waals surface area contributed by atoms with Crippen LogP contribution in [0.25, 0.3) is 0 Å². The van der Waals surface area contributed by atoms with Crippen LogP contribution in [0.5, 0.6) is 0 Å². The van der Waals surface area contributed by atoms with E-state index in [0.717, 1.165) is 25.7 Å². The van der Waals surface area contributed by atoms with Gasteiger partial charge in [-0.2, -0.15) is 0 Å². The summed E-state index contributed by atoms with van der Waals surface area (Å²) in [7, 11) is 0. The van der Waals surface area contributed by atoms with Crippen molar-refractivity contribution in [3.8, 4) is 0 Å². The summed E-state index contributed by atoms with van der Waals surface area (Å²) in [5, 5.41) is 3.68.